The lowest BCUT2D eigenvalue weighted by Gasteiger charge is -2.13. The normalized spacial score (nSPS) is 11.8. The molecule has 3 aromatic rings. The Bertz CT molecular complexity index is 987. The molecule has 0 saturated carbocycles. The van der Waals surface area contributed by atoms with Crippen LogP contribution in [0.5, 0.6) is 0 Å². The number of pyridine rings is 1. The molecule has 3 rings (SSSR count). The lowest BCUT2D eigenvalue weighted by atomic mass is 10.1. The van der Waals surface area contributed by atoms with Gasteiger partial charge in [-0.15, -0.1) is 10.2 Å². The second kappa shape index (κ2) is 8.79. The molecule has 1 amide bonds. The summed E-state index contributed by atoms with van der Waals surface area (Å²) in [6, 6.07) is 10.7. The van der Waals surface area contributed by atoms with Crippen molar-refractivity contribution < 1.29 is 9.59 Å². The molecule has 1 aromatic carbocycles. The summed E-state index contributed by atoms with van der Waals surface area (Å²) >= 11 is 1.34. The number of rotatable bonds is 7. The van der Waals surface area contributed by atoms with E-state index in [1.54, 1.807) is 36.7 Å². The number of nitrogens with one attached hydrogen (secondary N) is 1. The monoisotopic (exact) mass is 395 g/mol. The molecule has 2 heterocycles. The molecule has 0 saturated heterocycles. The molecule has 144 valence electrons. The Morgan fingerprint density at radius 3 is 2.61 bits per heavy atom. The number of amides is 1. The second-order valence-corrected chi connectivity index (χ2v) is 7.48. The summed E-state index contributed by atoms with van der Waals surface area (Å²) in [4.78, 5) is 28.1. The van der Waals surface area contributed by atoms with E-state index in [0.717, 1.165) is 11.4 Å². The SMILES string of the molecule is CCn1c(S[C@H](C)C(=O)Nc2cccc(C(C)=O)c2)nnc1-c1ccncc1. The van der Waals surface area contributed by atoms with Crippen LogP contribution in [0.4, 0.5) is 5.69 Å². The van der Waals surface area contributed by atoms with E-state index in [1.807, 2.05) is 30.5 Å². The highest BCUT2D eigenvalue weighted by Crippen LogP contribution is 2.27. The quantitative estimate of drug-likeness (QED) is 0.485. The number of aromatic nitrogens is 4. The minimum atomic E-state index is -0.388. The molecule has 0 aliphatic rings. The molecule has 7 nitrogen and oxygen atoms in total. The van der Waals surface area contributed by atoms with Gasteiger partial charge in [-0.1, -0.05) is 23.9 Å². The van der Waals surface area contributed by atoms with E-state index in [2.05, 4.69) is 20.5 Å². The number of carbonyl (C=O) groups is 2. The molecular weight excluding hydrogens is 374 g/mol. The standard InChI is InChI=1S/C20H21N5O2S/c1-4-25-18(15-8-10-21-11-9-15)23-24-20(25)28-14(3)19(27)22-17-7-5-6-16(12-17)13(2)26/h5-12,14H,4H2,1-3H3,(H,22,27)/t14-/m1/s1. The van der Waals surface area contributed by atoms with Crippen LogP contribution in [0.3, 0.4) is 0 Å². The Hall–Kier alpha value is -3.00. The Kier molecular flexibility index (Phi) is 6.20. The first-order valence-corrected chi connectivity index (χ1v) is 9.79. The number of Topliss-reactive ketones (excluding diaryl/α,β-unsaturated/α-hetero) is 1. The lowest BCUT2D eigenvalue weighted by molar-refractivity contribution is -0.115. The van der Waals surface area contributed by atoms with Gasteiger partial charge in [-0.05, 0) is 45.0 Å². The van der Waals surface area contributed by atoms with Gasteiger partial charge >= 0.3 is 0 Å². The van der Waals surface area contributed by atoms with Crippen LogP contribution >= 0.6 is 11.8 Å². The van der Waals surface area contributed by atoms with Crippen molar-refractivity contribution in [3.8, 4) is 11.4 Å². The van der Waals surface area contributed by atoms with Crippen molar-refractivity contribution in [3.63, 3.8) is 0 Å². The molecule has 28 heavy (non-hydrogen) atoms. The molecule has 0 radical (unpaired) electrons. The predicted octanol–water partition coefficient (Wildman–Crippen LogP) is 3.68. The number of thioether (sulfide) groups is 1. The van der Waals surface area contributed by atoms with Crippen molar-refractivity contribution in [2.75, 3.05) is 5.32 Å². The van der Waals surface area contributed by atoms with Gasteiger partial charge in [0.25, 0.3) is 0 Å². The summed E-state index contributed by atoms with van der Waals surface area (Å²) in [6.07, 6.45) is 3.42. The van der Waals surface area contributed by atoms with Crippen molar-refractivity contribution in [2.24, 2.45) is 0 Å². The minimum absolute atomic E-state index is 0.0433. The highest BCUT2D eigenvalue weighted by molar-refractivity contribution is 8.00. The van der Waals surface area contributed by atoms with Crippen LogP contribution < -0.4 is 5.32 Å². The maximum Gasteiger partial charge on any atom is 0.237 e. The van der Waals surface area contributed by atoms with Crippen molar-refractivity contribution >= 4 is 29.1 Å². The van der Waals surface area contributed by atoms with Gasteiger partial charge in [-0.25, -0.2) is 0 Å². The number of hydrogen-bond donors (Lipinski definition) is 1. The van der Waals surface area contributed by atoms with E-state index >= 15 is 0 Å². The molecular formula is C20H21N5O2S. The van der Waals surface area contributed by atoms with Crippen LogP contribution in [0, 0.1) is 0 Å². The van der Waals surface area contributed by atoms with Crippen LogP contribution in [0.2, 0.25) is 0 Å². The van der Waals surface area contributed by atoms with Crippen LogP contribution in [-0.2, 0) is 11.3 Å². The molecule has 2 aromatic heterocycles. The molecule has 8 heteroatoms. The molecule has 0 aliphatic heterocycles. The topological polar surface area (TPSA) is 89.8 Å². The van der Waals surface area contributed by atoms with Crippen LogP contribution in [0.1, 0.15) is 31.1 Å². The van der Waals surface area contributed by atoms with Crippen molar-refractivity contribution in [1.29, 1.82) is 0 Å². The van der Waals surface area contributed by atoms with Gasteiger partial charge in [-0.2, -0.15) is 0 Å². The van der Waals surface area contributed by atoms with Gasteiger partial charge < -0.3 is 9.88 Å². The molecule has 0 spiro atoms. The smallest absolute Gasteiger partial charge is 0.237 e. The summed E-state index contributed by atoms with van der Waals surface area (Å²) in [6.45, 7) is 6.01. The highest BCUT2D eigenvalue weighted by Gasteiger charge is 2.20. The first-order chi connectivity index (χ1) is 13.5. The number of ketones is 1. The van der Waals surface area contributed by atoms with Gasteiger partial charge in [0, 0.05) is 35.8 Å². The van der Waals surface area contributed by atoms with Crippen molar-refractivity contribution in [1.82, 2.24) is 19.7 Å². The zero-order valence-electron chi connectivity index (χ0n) is 15.9. The number of carbonyl (C=O) groups excluding carboxylic acids is 2. The summed E-state index contributed by atoms with van der Waals surface area (Å²) in [5.74, 6) is 0.536. The Morgan fingerprint density at radius 1 is 1.18 bits per heavy atom. The third-order valence-electron chi connectivity index (χ3n) is 4.16. The summed E-state index contributed by atoms with van der Waals surface area (Å²) < 4.78 is 1.97. The Labute approximate surface area is 167 Å². The average Bonchev–Trinajstić information content (AvgIpc) is 3.11. The van der Waals surface area contributed by atoms with E-state index in [0.29, 0.717) is 23.0 Å². The molecule has 0 unspecified atom stereocenters. The zero-order valence-corrected chi connectivity index (χ0v) is 16.7. The number of hydrogen-bond acceptors (Lipinski definition) is 6. The van der Waals surface area contributed by atoms with Gasteiger partial charge in [0.1, 0.15) is 0 Å². The first kappa shape index (κ1) is 19.8. The number of anilines is 1. The van der Waals surface area contributed by atoms with E-state index in [-0.39, 0.29) is 16.9 Å². The number of nitrogens with zero attached hydrogens (tertiary/aromatic N) is 4. The zero-order chi connectivity index (χ0) is 20.1. The Morgan fingerprint density at radius 2 is 1.93 bits per heavy atom. The van der Waals surface area contributed by atoms with Crippen LogP contribution in [0.25, 0.3) is 11.4 Å². The van der Waals surface area contributed by atoms with E-state index in [1.165, 1.54) is 18.7 Å². The van der Waals surface area contributed by atoms with Crippen LogP contribution in [0.15, 0.2) is 53.9 Å². The minimum Gasteiger partial charge on any atom is -0.325 e. The predicted molar refractivity (Wildman–Crippen MR) is 109 cm³/mol. The third-order valence-corrected chi connectivity index (χ3v) is 5.24. The maximum atomic E-state index is 12.6. The third kappa shape index (κ3) is 4.45. The summed E-state index contributed by atoms with van der Waals surface area (Å²) in [5, 5.41) is 11.7. The number of benzene rings is 1. The van der Waals surface area contributed by atoms with Gasteiger partial charge in [0.2, 0.25) is 5.91 Å². The van der Waals surface area contributed by atoms with E-state index in [9.17, 15) is 9.59 Å². The fourth-order valence-electron chi connectivity index (χ4n) is 2.65. The largest absolute Gasteiger partial charge is 0.325 e. The van der Waals surface area contributed by atoms with Crippen molar-refractivity contribution in [3.05, 3.63) is 54.4 Å². The maximum absolute atomic E-state index is 12.6. The van der Waals surface area contributed by atoms with Gasteiger partial charge in [-0.3, -0.25) is 14.6 Å². The second-order valence-electron chi connectivity index (χ2n) is 6.17. The van der Waals surface area contributed by atoms with Crippen LogP contribution in [-0.4, -0.2) is 36.7 Å². The van der Waals surface area contributed by atoms with E-state index < -0.39 is 0 Å². The average molecular weight is 395 g/mol. The molecule has 0 aliphatic carbocycles. The summed E-state index contributed by atoms with van der Waals surface area (Å²) in [5.41, 5.74) is 2.08. The molecule has 0 bridgehead atoms. The van der Waals surface area contributed by atoms with Crippen molar-refractivity contribution in [2.45, 2.75) is 37.7 Å². The first-order valence-electron chi connectivity index (χ1n) is 8.91. The molecule has 1 atom stereocenters. The fourth-order valence-corrected chi connectivity index (χ4v) is 3.56. The van der Waals surface area contributed by atoms with Gasteiger partial charge in [0.05, 0.1) is 5.25 Å². The lowest BCUT2D eigenvalue weighted by Crippen LogP contribution is -2.23. The molecule has 1 N–H and O–H groups in total. The summed E-state index contributed by atoms with van der Waals surface area (Å²) in [7, 11) is 0. The highest BCUT2D eigenvalue weighted by atomic mass is 32.2. The van der Waals surface area contributed by atoms with E-state index in [4.69, 9.17) is 0 Å². The van der Waals surface area contributed by atoms with Gasteiger partial charge in [0.15, 0.2) is 16.8 Å². The Balaban J connectivity index is 1.73. The molecule has 0 fully saturated rings. The fraction of sp³-hybridized carbons (Fsp3) is 0.250.